The highest BCUT2D eigenvalue weighted by molar-refractivity contribution is 5.37. The number of aliphatic hydroxyl groups is 1. The molecule has 2 aliphatic rings. The third-order valence-electron chi connectivity index (χ3n) is 6.64. The minimum atomic E-state index is -0.976. The SMILES string of the molecule is OC(c1ccccc1)(c1ccccc1)C1CCN(Cc2nc(CC3CC3)no2)CC1. The molecule has 1 saturated heterocycles. The van der Waals surface area contributed by atoms with Gasteiger partial charge in [-0.05, 0) is 61.7 Å². The van der Waals surface area contributed by atoms with Crippen molar-refractivity contribution >= 4 is 0 Å². The normalized spacial score (nSPS) is 18.6. The van der Waals surface area contributed by atoms with Gasteiger partial charge in [-0.1, -0.05) is 65.8 Å². The number of likely N-dealkylation sites (tertiary alicyclic amines) is 1. The van der Waals surface area contributed by atoms with E-state index in [9.17, 15) is 5.11 Å². The maximum atomic E-state index is 12.0. The van der Waals surface area contributed by atoms with Crippen LogP contribution in [0.3, 0.4) is 0 Å². The Bertz CT molecular complexity index is 905. The first-order valence-corrected chi connectivity index (χ1v) is 11.1. The lowest BCUT2D eigenvalue weighted by Gasteiger charge is -2.42. The van der Waals surface area contributed by atoms with Gasteiger partial charge in [0, 0.05) is 6.42 Å². The smallest absolute Gasteiger partial charge is 0.240 e. The van der Waals surface area contributed by atoms with E-state index >= 15 is 0 Å². The molecule has 5 nitrogen and oxygen atoms in total. The van der Waals surface area contributed by atoms with Crippen LogP contribution in [0, 0.1) is 11.8 Å². The molecule has 1 aliphatic carbocycles. The third-order valence-corrected chi connectivity index (χ3v) is 6.64. The molecule has 5 heteroatoms. The zero-order valence-electron chi connectivity index (χ0n) is 17.3. The molecule has 30 heavy (non-hydrogen) atoms. The van der Waals surface area contributed by atoms with Crippen molar-refractivity contribution in [3.8, 4) is 0 Å². The monoisotopic (exact) mass is 403 g/mol. The van der Waals surface area contributed by atoms with E-state index in [1.165, 1.54) is 12.8 Å². The third kappa shape index (κ3) is 4.05. The molecule has 2 heterocycles. The molecule has 0 bridgehead atoms. The molecule has 2 aromatic carbocycles. The quantitative estimate of drug-likeness (QED) is 0.641. The fraction of sp³-hybridized carbons (Fsp3) is 0.440. The predicted molar refractivity (Wildman–Crippen MR) is 115 cm³/mol. The molecule has 1 saturated carbocycles. The van der Waals surface area contributed by atoms with Crippen molar-refractivity contribution in [2.24, 2.45) is 11.8 Å². The van der Waals surface area contributed by atoms with Crippen LogP contribution in [-0.4, -0.2) is 33.2 Å². The first kappa shape index (κ1) is 19.5. The molecule has 1 N–H and O–H groups in total. The summed E-state index contributed by atoms with van der Waals surface area (Å²) in [6.07, 6.45) is 5.38. The molecular formula is C25H29N3O2. The zero-order valence-corrected chi connectivity index (χ0v) is 17.3. The van der Waals surface area contributed by atoms with Gasteiger partial charge in [0.2, 0.25) is 5.89 Å². The minimum absolute atomic E-state index is 0.159. The Morgan fingerprint density at radius 2 is 1.50 bits per heavy atom. The van der Waals surface area contributed by atoms with Gasteiger partial charge in [-0.2, -0.15) is 4.98 Å². The predicted octanol–water partition coefficient (Wildman–Crippen LogP) is 4.17. The van der Waals surface area contributed by atoms with Gasteiger partial charge in [0.1, 0.15) is 5.60 Å². The highest BCUT2D eigenvalue weighted by atomic mass is 16.5. The van der Waals surface area contributed by atoms with Crippen molar-refractivity contribution in [3.05, 3.63) is 83.5 Å². The molecule has 156 valence electrons. The van der Waals surface area contributed by atoms with Gasteiger partial charge in [0.15, 0.2) is 5.82 Å². The molecular weight excluding hydrogens is 374 g/mol. The molecule has 0 spiro atoms. The van der Waals surface area contributed by atoms with Crippen molar-refractivity contribution < 1.29 is 9.63 Å². The number of aromatic nitrogens is 2. The fourth-order valence-corrected chi connectivity index (χ4v) is 4.74. The molecule has 0 unspecified atom stereocenters. The van der Waals surface area contributed by atoms with Crippen molar-refractivity contribution in [1.82, 2.24) is 15.0 Å². The molecule has 0 atom stereocenters. The standard InChI is InChI=1S/C25H29N3O2/c29-25(20-7-3-1-4-8-20,21-9-5-2-6-10-21)22-13-15-28(16-14-22)18-24-26-23(27-30-24)17-19-11-12-19/h1-10,19,22,29H,11-18H2. The summed E-state index contributed by atoms with van der Waals surface area (Å²) in [5.41, 5.74) is 0.962. The average molecular weight is 404 g/mol. The number of hydrogen-bond acceptors (Lipinski definition) is 5. The van der Waals surface area contributed by atoms with Crippen LogP contribution in [0.1, 0.15) is 48.5 Å². The lowest BCUT2D eigenvalue weighted by atomic mass is 9.72. The fourth-order valence-electron chi connectivity index (χ4n) is 4.74. The number of rotatable bonds is 7. The Labute approximate surface area is 177 Å². The number of benzene rings is 2. The highest BCUT2D eigenvalue weighted by Crippen LogP contribution is 2.42. The van der Waals surface area contributed by atoms with Gasteiger partial charge >= 0.3 is 0 Å². The van der Waals surface area contributed by atoms with Crippen molar-refractivity contribution in [1.29, 1.82) is 0 Å². The molecule has 0 radical (unpaired) electrons. The van der Waals surface area contributed by atoms with Crippen molar-refractivity contribution in [2.75, 3.05) is 13.1 Å². The summed E-state index contributed by atoms with van der Waals surface area (Å²) in [6.45, 7) is 2.51. The van der Waals surface area contributed by atoms with E-state index in [2.05, 4.69) is 15.0 Å². The summed E-state index contributed by atoms with van der Waals surface area (Å²) in [7, 11) is 0. The van der Waals surface area contributed by atoms with E-state index in [0.29, 0.717) is 12.4 Å². The van der Waals surface area contributed by atoms with E-state index in [-0.39, 0.29) is 5.92 Å². The summed E-state index contributed by atoms with van der Waals surface area (Å²) in [5.74, 6) is 2.49. The zero-order chi connectivity index (χ0) is 20.4. The van der Waals surface area contributed by atoms with E-state index in [4.69, 9.17) is 4.52 Å². The second-order valence-electron chi connectivity index (χ2n) is 8.80. The van der Waals surface area contributed by atoms with Crippen LogP contribution in [0.25, 0.3) is 0 Å². The van der Waals surface area contributed by atoms with Crippen molar-refractivity contribution in [3.63, 3.8) is 0 Å². The maximum absolute atomic E-state index is 12.0. The summed E-state index contributed by atoms with van der Waals surface area (Å²) in [4.78, 5) is 6.94. The van der Waals surface area contributed by atoms with Crippen LogP contribution >= 0.6 is 0 Å². The molecule has 5 rings (SSSR count). The van der Waals surface area contributed by atoms with E-state index in [0.717, 1.165) is 55.2 Å². The number of piperidine rings is 1. The van der Waals surface area contributed by atoms with E-state index in [1.807, 2.05) is 60.7 Å². The lowest BCUT2D eigenvalue weighted by Crippen LogP contribution is -2.44. The Morgan fingerprint density at radius 1 is 0.900 bits per heavy atom. The van der Waals surface area contributed by atoms with Crippen LogP contribution in [0.2, 0.25) is 0 Å². The van der Waals surface area contributed by atoms with Gasteiger partial charge < -0.3 is 9.63 Å². The van der Waals surface area contributed by atoms with Gasteiger partial charge in [0.25, 0.3) is 0 Å². The Kier molecular flexibility index (Phi) is 5.40. The summed E-state index contributed by atoms with van der Waals surface area (Å²) >= 11 is 0. The topological polar surface area (TPSA) is 62.4 Å². The van der Waals surface area contributed by atoms with Crippen LogP contribution in [0.5, 0.6) is 0 Å². The molecule has 2 fully saturated rings. The second kappa shape index (κ2) is 8.32. The summed E-state index contributed by atoms with van der Waals surface area (Å²) in [5, 5.41) is 16.1. The molecule has 0 amide bonds. The average Bonchev–Trinajstić information content (AvgIpc) is 3.52. The minimum Gasteiger partial charge on any atom is -0.380 e. The number of nitrogens with zero attached hydrogens (tertiary/aromatic N) is 3. The van der Waals surface area contributed by atoms with Crippen LogP contribution in [0.4, 0.5) is 0 Å². The van der Waals surface area contributed by atoms with Gasteiger partial charge in [-0.3, -0.25) is 4.90 Å². The first-order chi connectivity index (χ1) is 14.7. The number of hydrogen-bond donors (Lipinski definition) is 1. The Hall–Kier alpha value is -2.50. The van der Waals surface area contributed by atoms with Crippen molar-refractivity contribution in [2.45, 2.75) is 44.2 Å². The molecule has 1 aromatic heterocycles. The maximum Gasteiger partial charge on any atom is 0.240 e. The second-order valence-corrected chi connectivity index (χ2v) is 8.80. The van der Waals surface area contributed by atoms with Crippen LogP contribution in [-0.2, 0) is 18.6 Å². The summed E-state index contributed by atoms with van der Waals surface area (Å²) < 4.78 is 5.48. The van der Waals surface area contributed by atoms with E-state index < -0.39 is 5.60 Å². The highest BCUT2D eigenvalue weighted by Gasteiger charge is 2.41. The van der Waals surface area contributed by atoms with Crippen LogP contribution in [0.15, 0.2) is 65.2 Å². The van der Waals surface area contributed by atoms with Gasteiger partial charge in [-0.25, -0.2) is 0 Å². The molecule has 1 aliphatic heterocycles. The Balaban J connectivity index is 1.28. The molecule has 3 aromatic rings. The lowest BCUT2D eigenvalue weighted by molar-refractivity contribution is -0.0163. The van der Waals surface area contributed by atoms with Gasteiger partial charge in [-0.15, -0.1) is 0 Å². The van der Waals surface area contributed by atoms with Gasteiger partial charge in [0.05, 0.1) is 6.54 Å². The summed E-state index contributed by atoms with van der Waals surface area (Å²) in [6, 6.07) is 20.2. The Morgan fingerprint density at radius 3 is 2.07 bits per heavy atom. The first-order valence-electron chi connectivity index (χ1n) is 11.1. The van der Waals surface area contributed by atoms with Crippen LogP contribution < -0.4 is 0 Å². The largest absolute Gasteiger partial charge is 0.380 e. The van der Waals surface area contributed by atoms with E-state index in [1.54, 1.807) is 0 Å².